The van der Waals surface area contributed by atoms with E-state index in [4.69, 9.17) is 23.2 Å². The number of hydrogen-bond donors (Lipinski definition) is 1. The molecule has 1 N–H and O–H groups in total. The number of aryl methyl sites for hydroxylation is 1. The molecule has 23 heavy (non-hydrogen) atoms. The fourth-order valence-electron chi connectivity index (χ4n) is 1.84. The van der Waals surface area contributed by atoms with Crippen molar-refractivity contribution in [3.8, 4) is 0 Å². The third-order valence-corrected chi connectivity index (χ3v) is 4.65. The average molecular weight is 367 g/mol. The molecule has 0 spiro atoms. The third-order valence-electron chi connectivity index (χ3n) is 3.11. The molecular formula is C17H16Cl2N2OS. The minimum Gasteiger partial charge on any atom is -0.272 e. The second kappa shape index (κ2) is 8.96. The summed E-state index contributed by atoms with van der Waals surface area (Å²) < 4.78 is 0. The van der Waals surface area contributed by atoms with E-state index in [9.17, 15) is 4.79 Å². The summed E-state index contributed by atoms with van der Waals surface area (Å²) in [5.74, 6) is 0.997. The second-order valence-corrected chi connectivity index (χ2v) is 6.71. The summed E-state index contributed by atoms with van der Waals surface area (Å²) in [5, 5.41) is 4.96. The number of hydrogen-bond acceptors (Lipinski definition) is 3. The normalized spacial score (nSPS) is 10.9. The van der Waals surface area contributed by atoms with Gasteiger partial charge in [0.05, 0.1) is 17.0 Å². The van der Waals surface area contributed by atoms with Crippen molar-refractivity contribution in [2.24, 2.45) is 5.10 Å². The van der Waals surface area contributed by atoms with Crippen molar-refractivity contribution in [2.45, 2.75) is 12.7 Å². The summed E-state index contributed by atoms with van der Waals surface area (Å²) in [4.78, 5) is 11.7. The van der Waals surface area contributed by atoms with Crippen LogP contribution in [0.15, 0.2) is 47.6 Å². The second-order valence-electron chi connectivity index (χ2n) is 4.88. The van der Waals surface area contributed by atoms with E-state index in [0.29, 0.717) is 21.4 Å². The SMILES string of the molecule is Cc1ccccc1CSCC(=O)NN=Cc1ccc(Cl)cc1Cl. The van der Waals surface area contributed by atoms with E-state index in [0.717, 1.165) is 5.75 Å². The summed E-state index contributed by atoms with van der Waals surface area (Å²) in [6, 6.07) is 13.2. The highest BCUT2D eigenvalue weighted by atomic mass is 35.5. The molecule has 0 aliphatic heterocycles. The van der Waals surface area contributed by atoms with E-state index in [1.54, 1.807) is 30.0 Å². The number of hydrazone groups is 1. The zero-order valence-electron chi connectivity index (χ0n) is 12.6. The Labute approximate surface area is 150 Å². The molecule has 0 saturated carbocycles. The third kappa shape index (κ3) is 5.90. The smallest absolute Gasteiger partial charge is 0.250 e. The van der Waals surface area contributed by atoms with Crippen molar-refractivity contribution >= 4 is 47.1 Å². The average Bonchev–Trinajstić information content (AvgIpc) is 2.51. The van der Waals surface area contributed by atoms with Gasteiger partial charge in [-0.25, -0.2) is 5.43 Å². The van der Waals surface area contributed by atoms with E-state index < -0.39 is 0 Å². The highest BCUT2D eigenvalue weighted by Gasteiger charge is 2.03. The molecule has 0 bridgehead atoms. The van der Waals surface area contributed by atoms with Crippen molar-refractivity contribution < 1.29 is 4.79 Å². The molecule has 1 amide bonds. The molecule has 2 aromatic carbocycles. The van der Waals surface area contributed by atoms with Crippen LogP contribution in [-0.2, 0) is 10.5 Å². The highest BCUT2D eigenvalue weighted by molar-refractivity contribution is 7.99. The zero-order valence-corrected chi connectivity index (χ0v) is 14.9. The van der Waals surface area contributed by atoms with E-state index in [1.165, 1.54) is 17.3 Å². The molecule has 0 atom stereocenters. The topological polar surface area (TPSA) is 41.5 Å². The largest absolute Gasteiger partial charge is 0.272 e. The summed E-state index contributed by atoms with van der Waals surface area (Å²) in [5.41, 5.74) is 5.66. The van der Waals surface area contributed by atoms with Crippen LogP contribution in [0, 0.1) is 6.92 Å². The van der Waals surface area contributed by atoms with Gasteiger partial charge in [-0.1, -0.05) is 53.5 Å². The van der Waals surface area contributed by atoms with Crippen LogP contribution in [0.2, 0.25) is 10.0 Å². The fourth-order valence-corrected chi connectivity index (χ4v) is 3.19. The molecule has 2 aromatic rings. The van der Waals surface area contributed by atoms with Crippen LogP contribution in [0.5, 0.6) is 0 Å². The Morgan fingerprint density at radius 2 is 2.04 bits per heavy atom. The van der Waals surface area contributed by atoms with Gasteiger partial charge in [0.2, 0.25) is 5.91 Å². The minimum absolute atomic E-state index is 0.148. The number of amides is 1. The number of nitrogens with zero attached hydrogens (tertiary/aromatic N) is 1. The Bertz CT molecular complexity index is 719. The molecule has 0 aromatic heterocycles. The molecule has 0 aliphatic carbocycles. The van der Waals surface area contributed by atoms with E-state index in [2.05, 4.69) is 29.6 Å². The van der Waals surface area contributed by atoms with Crippen molar-refractivity contribution in [1.82, 2.24) is 5.43 Å². The number of carbonyl (C=O) groups is 1. The molecule has 0 radical (unpaired) electrons. The maximum atomic E-state index is 11.7. The summed E-state index contributed by atoms with van der Waals surface area (Å²) in [6.45, 7) is 2.07. The maximum Gasteiger partial charge on any atom is 0.250 e. The van der Waals surface area contributed by atoms with Gasteiger partial charge < -0.3 is 0 Å². The molecular weight excluding hydrogens is 351 g/mol. The first-order valence-electron chi connectivity index (χ1n) is 6.95. The van der Waals surface area contributed by atoms with Crippen LogP contribution in [-0.4, -0.2) is 17.9 Å². The molecule has 3 nitrogen and oxygen atoms in total. The highest BCUT2D eigenvalue weighted by Crippen LogP contribution is 2.19. The first-order chi connectivity index (χ1) is 11.1. The van der Waals surface area contributed by atoms with E-state index in [1.807, 2.05) is 12.1 Å². The quantitative estimate of drug-likeness (QED) is 0.595. The number of halogens is 2. The Morgan fingerprint density at radius 3 is 2.78 bits per heavy atom. The number of benzene rings is 2. The molecule has 0 aliphatic rings. The van der Waals surface area contributed by atoms with E-state index in [-0.39, 0.29) is 5.91 Å². The summed E-state index contributed by atoms with van der Waals surface area (Å²) in [6.07, 6.45) is 1.50. The van der Waals surface area contributed by atoms with Crippen LogP contribution in [0.4, 0.5) is 0 Å². The molecule has 0 heterocycles. The summed E-state index contributed by atoms with van der Waals surface area (Å²) in [7, 11) is 0. The van der Waals surface area contributed by atoms with Crippen molar-refractivity contribution in [1.29, 1.82) is 0 Å². The van der Waals surface area contributed by atoms with Gasteiger partial charge in [-0.3, -0.25) is 4.79 Å². The molecule has 120 valence electrons. The van der Waals surface area contributed by atoms with E-state index >= 15 is 0 Å². The first kappa shape index (κ1) is 17.9. The van der Waals surface area contributed by atoms with Crippen LogP contribution >= 0.6 is 35.0 Å². The minimum atomic E-state index is -0.148. The van der Waals surface area contributed by atoms with Crippen LogP contribution in [0.1, 0.15) is 16.7 Å². The van der Waals surface area contributed by atoms with Crippen LogP contribution in [0.25, 0.3) is 0 Å². The number of nitrogens with one attached hydrogen (secondary N) is 1. The lowest BCUT2D eigenvalue weighted by Crippen LogP contribution is -2.19. The monoisotopic (exact) mass is 366 g/mol. The summed E-state index contributed by atoms with van der Waals surface area (Å²) >= 11 is 13.4. The van der Waals surface area contributed by atoms with Crippen LogP contribution < -0.4 is 5.43 Å². The Morgan fingerprint density at radius 1 is 1.26 bits per heavy atom. The van der Waals surface area contributed by atoms with Crippen molar-refractivity contribution in [2.75, 3.05) is 5.75 Å². The van der Waals surface area contributed by atoms with Gasteiger partial charge in [0, 0.05) is 16.3 Å². The van der Waals surface area contributed by atoms with Gasteiger partial charge in [-0.05, 0) is 30.2 Å². The molecule has 2 rings (SSSR count). The lowest BCUT2D eigenvalue weighted by atomic mass is 10.1. The zero-order chi connectivity index (χ0) is 16.7. The standard InChI is InChI=1S/C17H16Cl2N2OS/c1-12-4-2-3-5-14(12)10-23-11-17(22)21-20-9-13-6-7-15(18)8-16(13)19/h2-9H,10-11H2,1H3,(H,21,22). The first-order valence-corrected chi connectivity index (χ1v) is 8.86. The van der Waals surface area contributed by atoms with Gasteiger partial charge in [0.25, 0.3) is 0 Å². The Kier molecular flexibility index (Phi) is 6.96. The maximum absolute atomic E-state index is 11.7. The van der Waals surface area contributed by atoms with Gasteiger partial charge in [-0.2, -0.15) is 5.10 Å². The van der Waals surface area contributed by atoms with Crippen molar-refractivity contribution in [3.05, 3.63) is 69.2 Å². The van der Waals surface area contributed by atoms with Crippen LogP contribution in [0.3, 0.4) is 0 Å². The molecule has 0 saturated heterocycles. The van der Waals surface area contributed by atoms with Gasteiger partial charge >= 0.3 is 0 Å². The van der Waals surface area contributed by atoms with Crippen molar-refractivity contribution in [3.63, 3.8) is 0 Å². The lowest BCUT2D eigenvalue weighted by Gasteiger charge is -2.04. The van der Waals surface area contributed by atoms with Gasteiger partial charge in [0.15, 0.2) is 0 Å². The molecule has 6 heteroatoms. The Hall–Kier alpha value is -1.49. The number of carbonyl (C=O) groups excluding carboxylic acids is 1. The van der Waals surface area contributed by atoms with Gasteiger partial charge in [0.1, 0.15) is 0 Å². The predicted octanol–water partition coefficient (Wildman–Crippen LogP) is 4.69. The number of rotatable bonds is 6. The Balaban J connectivity index is 1.77. The number of thioether (sulfide) groups is 1. The predicted molar refractivity (Wildman–Crippen MR) is 99.5 cm³/mol. The molecule has 0 fully saturated rings. The van der Waals surface area contributed by atoms with Gasteiger partial charge in [-0.15, -0.1) is 11.8 Å². The molecule has 0 unspecified atom stereocenters. The fraction of sp³-hybridized carbons (Fsp3) is 0.176. The lowest BCUT2D eigenvalue weighted by molar-refractivity contribution is -0.118.